The van der Waals surface area contributed by atoms with Crippen LogP contribution in [0.3, 0.4) is 0 Å². The van der Waals surface area contributed by atoms with E-state index in [0.29, 0.717) is 135 Å². The number of rotatable bonds is 19. The summed E-state index contributed by atoms with van der Waals surface area (Å²) in [6.07, 6.45) is 16.0. The average molecular weight is 1570 g/mol. The van der Waals surface area contributed by atoms with Crippen LogP contribution in [-0.4, -0.2) is 222 Å². The molecule has 3 spiro atoms. The Hall–Kier alpha value is -8.28. The molecule has 6 aliphatic rings. The number of aromatic nitrogens is 9. The fourth-order valence-electron chi connectivity index (χ4n) is 12.9. The molecule has 568 valence electrons. The third kappa shape index (κ3) is 19.7. The number of hydrogen-bond acceptors (Lipinski definition) is 25. The van der Waals surface area contributed by atoms with Crippen molar-refractivity contribution in [2.75, 3.05) is 98.6 Å². The lowest BCUT2D eigenvalue weighted by atomic mass is 10.1. The van der Waals surface area contributed by atoms with E-state index in [-0.39, 0.29) is 39.0 Å². The van der Waals surface area contributed by atoms with E-state index in [1.165, 1.54) is 41.3 Å². The Balaban J connectivity index is 0.000000177. The van der Waals surface area contributed by atoms with E-state index in [4.69, 9.17) is 40.4 Å². The quantitative estimate of drug-likeness (QED) is 0.0443. The number of hydrogen-bond donors (Lipinski definition) is 2. The number of nitrogens with zero attached hydrogens (tertiary/aromatic N) is 20. The van der Waals surface area contributed by atoms with Crippen LogP contribution in [0.4, 0.5) is 31.8 Å². The number of carbonyl (C=O) groups is 3. The Morgan fingerprint density at radius 2 is 0.829 bits per heavy atom. The van der Waals surface area contributed by atoms with Gasteiger partial charge >= 0.3 is 18.3 Å². The number of unbranched alkanes of at least 4 members (excludes halogenated alkanes) is 4. The van der Waals surface area contributed by atoms with Crippen LogP contribution in [0.1, 0.15) is 152 Å². The molecule has 3 saturated carbocycles. The standard InChI is InChI=1S/C25H34N8O4S.C21H29N7O4S.C17H24N6O4S.C4H6BrN/c1-24(2,3)37-23(34)32-15-8-20-21(28-19-29-22(20)32)30-16-17-33(25(18-30)9-10-25)38(35,36)31(13-6-4-11-26)14-7-5-12-27;1-20(2,3)32-19(29)27-11-6-16-17(23-15-24-18(16)27)26-12-13-28(21(14-26)7-8-21)33(30,31)25-10-5-4-9-22;1-16(2,3)27-15(24)22-7-4-12-13(19-11-20-14(12)22)21-8-9-23(28(18,25)26)17(10-21)5-6-17;5-3-1-2-4-6/h8,15,19H,4-7,9-10,13-14,16-18H2,1-3H3;6,11,15,25H,4-5,7-8,10,12-14H2,1-3H3;4,7,11H,5-6,8-10H2,1-3H3,(H2,18,25,26);1-3H2. The fourth-order valence-corrected chi connectivity index (χ4v) is 18.0. The molecular weight excluding hydrogens is 1480 g/mol. The van der Waals surface area contributed by atoms with E-state index in [0.717, 1.165) is 50.3 Å². The zero-order chi connectivity index (χ0) is 76.6. The summed E-state index contributed by atoms with van der Waals surface area (Å²) in [5, 5.41) is 42.9. The molecule has 38 heteroatoms. The number of ether oxygens (including phenoxy) is 3. The lowest BCUT2D eigenvalue weighted by Gasteiger charge is -2.43. The molecule has 0 atom stereocenters. The first kappa shape index (κ1) is 80.8. The minimum atomic E-state index is -3.78. The second kappa shape index (κ2) is 32.8. The van der Waals surface area contributed by atoms with Crippen LogP contribution >= 0.6 is 15.9 Å². The van der Waals surface area contributed by atoms with Gasteiger partial charge in [-0.25, -0.2) is 67.8 Å². The molecule has 105 heavy (non-hydrogen) atoms. The Labute approximate surface area is 621 Å². The van der Waals surface area contributed by atoms with Crippen LogP contribution in [-0.2, 0) is 44.8 Å². The number of nitrogens with one attached hydrogen (secondary N) is 1. The third-order valence-corrected chi connectivity index (χ3v) is 23.7. The first-order valence-electron chi connectivity index (χ1n) is 34.8. The minimum Gasteiger partial charge on any atom is -0.443 e. The normalized spacial score (nSPS) is 17.8. The predicted molar refractivity (Wildman–Crippen MR) is 394 cm³/mol. The van der Waals surface area contributed by atoms with Crippen molar-refractivity contribution in [2.45, 2.75) is 186 Å². The van der Waals surface area contributed by atoms with E-state index >= 15 is 0 Å². The fraction of sp³-hybridized carbons (Fsp3) is 0.627. The number of fused-ring (bicyclic) bond motifs is 3. The van der Waals surface area contributed by atoms with Crippen LogP contribution < -0.4 is 24.6 Å². The molecule has 3 saturated heterocycles. The van der Waals surface area contributed by atoms with Gasteiger partial charge in [0.2, 0.25) is 0 Å². The van der Waals surface area contributed by atoms with E-state index in [2.05, 4.69) is 72.5 Å². The Bertz CT molecular complexity index is 4640. The first-order valence-corrected chi connectivity index (χ1v) is 40.3. The number of carbonyl (C=O) groups excluding carboxylic acids is 3. The Morgan fingerprint density at radius 1 is 0.505 bits per heavy atom. The van der Waals surface area contributed by atoms with Gasteiger partial charge < -0.3 is 28.9 Å². The summed E-state index contributed by atoms with van der Waals surface area (Å²) in [4.78, 5) is 70.2. The summed E-state index contributed by atoms with van der Waals surface area (Å²) >= 11 is 3.20. The van der Waals surface area contributed by atoms with E-state index in [1.807, 2.05) is 17.0 Å². The zero-order valence-electron chi connectivity index (χ0n) is 60.8. The van der Waals surface area contributed by atoms with Crippen LogP contribution in [0.5, 0.6) is 0 Å². The largest absolute Gasteiger partial charge is 0.443 e. The average Bonchev–Trinajstić information content (AvgIpc) is 1.59. The van der Waals surface area contributed by atoms with Crippen LogP contribution in [0.25, 0.3) is 33.1 Å². The molecule has 0 amide bonds. The van der Waals surface area contributed by atoms with Gasteiger partial charge in [-0.15, -0.1) is 0 Å². The molecule has 0 radical (unpaired) electrons. The monoisotopic (exact) mass is 1570 g/mol. The summed E-state index contributed by atoms with van der Waals surface area (Å²) in [6.45, 7) is 20.7. The topological polar surface area (TPSA) is 429 Å². The van der Waals surface area contributed by atoms with Crippen molar-refractivity contribution in [1.82, 2.24) is 65.5 Å². The zero-order valence-corrected chi connectivity index (χ0v) is 64.8. The molecule has 6 fully saturated rings. The number of nitriles is 4. The van der Waals surface area contributed by atoms with Gasteiger partial charge in [0.1, 0.15) is 53.2 Å². The third-order valence-electron chi connectivity index (χ3n) is 18.1. The van der Waals surface area contributed by atoms with Gasteiger partial charge in [0.05, 0.1) is 57.1 Å². The molecule has 3 N–H and O–H groups in total. The summed E-state index contributed by atoms with van der Waals surface area (Å²) in [5.74, 6) is 2.00. The molecule has 0 unspecified atom stereocenters. The van der Waals surface area contributed by atoms with Gasteiger partial charge in [-0.2, -0.15) is 63.5 Å². The molecule has 0 bridgehead atoms. The van der Waals surface area contributed by atoms with Gasteiger partial charge in [-0.05, 0) is 145 Å². The summed E-state index contributed by atoms with van der Waals surface area (Å²) in [7, 11) is -11.1. The summed E-state index contributed by atoms with van der Waals surface area (Å²) in [5.41, 5.74) is -2.03. The molecular formula is C67H93BrN22O12S3. The van der Waals surface area contributed by atoms with Gasteiger partial charge in [0.25, 0.3) is 30.6 Å². The number of alkyl halides is 1. The van der Waals surface area contributed by atoms with Gasteiger partial charge in [-0.1, -0.05) is 15.9 Å². The molecule has 12 rings (SSSR count). The smallest absolute Gasteiger partial charge is 0.420 e. The Morgan fingerprint density at radius 3 is 1.15 bits per heavy atom. The number of piperazine rings is 3. The highest BCUT2D eigenvalue weighted by Crippen LogP contribution is 2.49. The molecule has 34 nitrogen and oxygen atoms in total. The van der Waals surface area contributed by atoms with E-state index in [1.54, 1.807) is 108 Å². The number of halogens is 1. The maximum Gasteiger partial charge on any atom is 0.420 e. The number of nitrogens with two attached hydrogens (primary N) is 1. The second-order valence-electron chi connectivity index (χ2n) is 29.5. The molecule has 3 aliphatic heterocycles. The molecule has 9 heterocycles. The Kier molecular flexibility index (Phi) is 25.3. The molecule has 3 aliphatic carbocycles. The first-order chi connectivity index (χ1) is 49.5. The second-order valence-corrected chi connectivity index (χ2v) is 35.3. The summed E-state index contributed by atoms with van der Waals surface area (Å²) < 4.78 is 106. The maximum atomic E-state index is 13.8. The van der Waals surface area contributed by atoms with Crippen molar-refractivity contribution in [2.24, 2.45) is 5.14 Å². The molecule has 6 aromatic heterocycles. The van der Waals surface area contributed by atoms with Crippen molar-refractivity contribution in [1.29, 1.82) is 21.0 Å². The summed E-state index contributed by atoms with van der Waals surface area (Å²) in [6, 6.07) is 13.5. The van der Waals surface area contributed by atoms with Crippen molar-refractivity contribution < 1.29 is 53.8 Å². The van der Waals surface area contributed by atoms with E-state index < -0.39 is 82.3 Å². The van der Waals surface area contributed by atoms with Gasteiger partial charge in [0.15, 0.2) is 16.9 Å². The van der Waals surface area contributed by atoms with Crippen LogP contribution in [0.15, 0.2) is 55.8 Å². The van der Waals surface area contributed by atoms with Crippen LogP contribution in [0, 0.1) is 45.3 Å². The highest BCUT2D eigenvalue weighted by atomic mass is 79.9. The predicted octanol–water partition coefficient (Wildman–Crippen LogP) is 7.79. The SMILES string of the molecule is CC(C)(C)OC(=O)n1ccc2c(N3CCN(S(=O)(=O)N(CCCC#N)CCCC#N)C4(CC4)C3)ncnc21.CC(C)(C)OC(=O)n1ccc2c(N3CCN(S(=O)(=O)NCCCC#N)C4(CC4)C3)ncnc21.CC(C)(C)OC(=O)n1ccc2c(N3CCN(S(N)(=O)=O)C4(CC4)C3)ncnc21.N#CCCCBr. The van der Waals surface area contributed by atoms with Gasteiger partial charge in [-0.3, -0.25) is 0 Å². The van der Waals surface area contributed by atoms with Crippen molar-refractivity contribution >= 4 is 115 Å². The lowest BCUT2D eigenvalue weighted by Crippen LogP contribution is -2.60. The van der Waals surface area contributed by atoms with Crippen molar-refractivity contribution in [3.8, 4) is 24.3 Å². The molecule has 6 aromatic rings. The van der Waals surface area contributed by atoms with Crippen molar-refractivity contribution in [3.63, 3.8) is 0 Å². The highest BCUT2D eigenvalue weighted by Gasteiger charge is 2.59. The minimum absolute atomic E-state index is 0.247. The lowest BCUT2D eigenvalue weighted by molar-refractivity contribution is 0.0532. The van der Waals surface area contributed by atoms with Gasteiger partial charge in [0, 0.05) is 128 Å². The van der Waals surface area contributed by atoms with E-state index in [9.17, 15) is 39.6 Å². The van der Waals surface area contributed by atoms with Crippen LogP contribution in [0.2, 0.25) is 0 Å². The molecule has 0 aromatic carbocycles. The maximum absolute atomic E-state index is 13.8. The number of anilines is 3. The van der Waals surface area contributed by atoms with Crippen molar-refractivity contribution in [3.05, 3.63) is 55.8 Å². The highest BCUT2D eigenvalue weighted by molar-refractivity contribution is 9.09.